The second-order valence-electron chi connectivity index (χ2n) is 3.92. The van der Waals surface area contributed by atoms with E-state index in [0.717, 1.165) is 5.69 Å². The Bertz CT molecular complexity index is 622. The Morgan fingerprint density at radius 3 is 2.84 bits per heavy atom. The van der Waals surface area contributed by atoms with Crippen molar-refractivity contribution in [2.24, 2.45) is 0 Å². The van der Waals surface area contributed by atoms with Crippen LogP contribution in [-0.2, 0) is 11.2 Å². The minimum Gasteiger partial charge on any atom is -0.464 e. The Kier molecular flexibility index (Phi) is 3.76. The highest BCUT2D eigenvalue weighted by Gasteiger charge is 2.21. The molecule has 0 radical (unpaired) electrons. The standard InChI is InChI=1S/C13H14ClN3O2/c1-3-10-16-11(13(18)19-2)12(15)17(10)9-6-4-5-8(14)7-9/h4-7H,3,15H2,1-2H3. The number of hydrogen-bond donors (Lipinski definition) is 1. The number of nitrogen functional groups attached to an aromatic ring is 1. The number of anilines is 1. The molecule has 1 aromatic carbocycles. The van der Waals surface area contributed by atoms with Crippen LogP contribution in [0.5, 0.6) is 0 Å². The first-order valence-corrected chi connectivity index (χ1v) is 6.17. The number of aromatic nitrogens is 2. The molecule has 0 fully saturated rings. The molecule has 1 heterocycles. The predicted molar refractivity (Wildman–Crippen MR) is 73.7 cm³/mol. The minimum atomic E-state index is -0.548. The maximum Gasteiger partial charge on any atom is 0.360 e. The van der Waals surface area contributed by atoms with Crippen LogP contribution < -0.4 is 5.73 Å². The van der Waals surface area contributed by atoms with Gasteiger partial charge < -0.3 is 10.5 Å². The molecule has 0 saturated carbocycles. The van der Waals surface area contributed by atoms with E-state index in [1.807, 2.05) is 19.1 Å². The molecule has 0 amide bonds. The highest BCUT2D eigenvalue weighted by atomic mass is 35.5. The third-order valence-electron chi connectivity index (χ3n) is 2.74. The van der Waals surface area contributed by atoms with Gasteiger partial charge >= 0.3 is 5.97 Å². The molecule has 2 rings (SSSR count). The summed E-state index contributed by atoms with van der Waals surface area (Å²) in [7, 11) is 1.30. The number of methoxy groups -OCH3 is 1. The van der Waals surface area contributed by atoms with E-state index in [4.69, 9.17) is 17.3 Å². The van der Waals surface area contributed by atoms with Gasteiger partial charge in [-0.3, -0.25) is 4.57 Å². The molecular weight excluding hydrogens is 266 g/mol. The fraction of sp³-hybridized carbons (Fsp3) is 0.231. The molecule has 100 valence electrons. The largest absolute Gasteiger partial charge is 0.464 e. The molecular formula is C13H14ClN3O2. The Morgan fingerprint density at radius 1 is 1.53 bits per heavy atom. The Labute approximate surface area is 116 Å². The first-order valence-electron chi connectivity index (χ1n) is 5.79. The minimum absolute atomic E-state index is 0.124. The number of esters is 1. The number of hydrogen-bond acceptors (Lipinski definition) is 4. The molecule has 2 N–H and O–H groups in total. The van der Waals surface area contributed by atoms with Crippen molar-refractivity contribution in [3.63, 3.8) is 0 Å². The molecule has 0 unspecified atom stereocenters. The normalized spacial score (nSPS) is 10.5. The molecule has 0 saturated heterocycles. The lowest BCUT2D eigenvalue weighted by Gasteiger charge is -2.09. The van der Waals surface area contributed by atoms with Crippen LogP contribution >= 0.6 is 11.6 Å². The summed E-state index contributed by atoms with van der Waals surface area (Å²) in [6.07, 6.45) is 0.633. The lowest BCUT2D eigenvalue weighted by Crippen LogP contribution is -2.08. The average molecular weight is 280 g/mol. The van der Waals surface area contributed by atoms with Crippen LogP contribution in [0.2, 0.25) is 5.02 Å². The maximum atomic E-state index is 11.6. The van der Waals surface area contributed by atoms with Gasteiger partial charge in [-0.05, 0) is 18.2 Å². The molecule has 5 nitrogen and oxygen atoms in total. The summed E-state index contributed by atoms with van der Waals surface area (Å²) in [6, 6.07) is 7.20. The van der Waals surface area contributed by atoms with Crippen molar-refractivity contribution < 1.29 is 9.53 Å². The molecule has 6 heteroatoms. The number of aryl methyl sites for hydroxylation is 1. The Balaban J connectivity index is 2.62. The molecule has 0 bridgehead atoms. The zero-order valence-electron chi connectivity index (χ0n) is 10.7. The number of imidazole rings is 1. The molecule has 1 aromatic heterocycles. The first-order chi connectivity index (χ1) is 9.08. The molecule has 0 atom stereocenters. The Morgan fingerprint density at radius 2 is 2.26 bits per heavy atom. The molecule has 0 aliphatic rings. The second kappa shape index (κ2) is 5.32. The van der Waals surface area contributed by atoms with Crippen LogP contribution in [0.15, 0.2) is 24.3 Å². The predicted octanol–water partition coefficient (Wildman–Crippen LogP) is 2.46. The molecule has 0 aliphatic heterocycles. The molecule has 2 aromatic rings. The number of rotatable bonds is 3. The van der Waals surface area contributed by atoms with Gasteiger partial charge in [-0.15, -0.1) is 0 Å². The molecule has 19 heavy (non-hydrogen) atoms. The van der Waals surface area contributed by atoms with E-state index in [9.17, 15) is 4.79 Å². The van der Waals surface area contributed by atoms with Crippen LogP contribution in [0.4, 0.5) is 5.82 Å². The highest BCUT2D eigenvalue weighted by molar-refractivity contribution is 6.30. The van der Waals surface area contributed by atoms with Crippen LogP contribution in [-0.4, -0.2) is 22.6 Å². The zero-order valence-corrected chi connectivity index (χ0v) is 11.4. The van der Waals surface area contributed by atoms with E-state index in [2.05, 4.69) is 9.72 Å². The van der Waals surface area contributed by atoms with Crippen molar-refractivity contribution in [2.75, 3.05) is 12.8 Å². The monoisotopic (exact) mass is 279 g/mol. The Hall–Kier alpha value is -2.01. The van der Waals surface area contributed by atoms with Crippen LogP contribution in [0, 0.1) is 0 Å². The van der Waals surface area contributed by atoms with Gasteiger partial charge in [-0.1, -0.05) is 24.6 Å². The van der Waals surface area contributed by atoms with Gasteiger partial charge in [-0.2, -0.15) is 0 Å². The topological polar surface area (TPSA) is 70.1 Å². The number of halogens is 1. The zero-order chi connectivity index (χ0) is 14.0. The average Bonchev–Trinajstić information content (AvgIpc) is 2.74. The first kappa shape index (κ1) is 13.4. The van der Waals surface area contributed by atoms with Crippen LogP contribution in [0.3, 0.4) is 0 Å². The van der Waals surface area contributed by atoms with E-state index in [1.165, 1.54) is 7.11 Å². The smallest absolute Gasteiger partial charge is 0.360 e. The van der Waals surface area contributed by atoms with E-state index in [1.54, 1.807) is 16.7 Å². The quantitative estimate of drug-likeness (QED) is 0.876. The number of nitrogens with zero attached hydrogens (tertiary/aromatic N) is 2. The third-order valence-corrected chi connectivity index (χ3v) is 2.98. The van der Waals surface area contributed by atoms with E-state index in [-0.39, 0.29) is 11.5 Å². The fourth-order valence-corrected chi connectivity index (χ4v) is 2.05. The SMILES string of the molecule is CCc1nc(C(=O)OC)c(N)n1-c1cccc(Cl)c1. The summed E-state index contributed by atoms with van der Waals surface area (Å²) in [5.41, 5.74) is 6.89. The summed E-state index contributed by atoms with van der Waals surface area (Å²) >= 11 is 5.97. The number of nitrogens with two attached hydrogens (primary N) is 1. The summed E-state index contributed by atoms with van der Waals surface area (Å²) in [5, 5.41) is 0.590. The van der Waals surface area contributed by atoms with Gasteiger partial charge in [-0.25, -0.2) is 9.78 Å². The summed E-state index contributed by atoms with van der Waals surface area (Å²) < 4.78 is 6.38. The van der Waals surface area contributed by atoms with Gasteiger partial charge in [0.2, 0.25) is 0 Å². The van der Waals surface area contributed by atoms with Crippen molar-refractivity contribution in [2.45, 2.75) is 13.3 Å². The number of carbonyl (C=O) groups excluding carboxylic acids is 1. The van der Waals surface area contributed by atoms with Crippen molar-refractivity contribution in [3.05, 3.63) is 40.8 Å². The van der Waals surface area contributed by atoms with E-state index < -0.39 is 5.97 Å². The van der Waals surface area contributed by atoms with Gasteiger partial charge in [0.05, 0.1) is 12.8 Å². The highest BCUT2D eigenvalue weighted by Crippen LogP contribution is 2.23. The third kappa shape index (κ3) is 2.42. The van der Waals surface area contributed by atoms with Crippen LogP contribution in [0.25, 0.3) is 5.69 Å². The fourth-order valence-electron chi connectivity index (χ4n) is 1.87. The van der Waals surface area contributed by atoms with Gasteiger partial charge in [0.25, 0.3) is 0 Å². The van der Waals surface area contributed by atoms with Gasteiger partial charge in [0.15, 0.2) is 5.69 Å². The number of ether oxygens (including phenoxy) is 1. The lowest BCUT2D eigenvalue weighted by molar-refractivity contribution is 0.0596. The molecule has 0 spiro atoms. The van der Waals surface area contributed by atoms with Crippen molar-refractivity contribution in [1.29, 1.82) is 0 Å². The van der Waals surface area contributed by atoms with E-state index >= 15 is 0 Å². The summed E-state index contributed by atoms with van der Waals surface area (Å²) in [6.45, 7) is 1.93. The summed E-state index contributed by atoms with van der Waals surface area (Å²) in [4.78, 5) is 15.8. The lowest BCUT2D eigenvalue weighted by atomic mass is 10.3. The van der Waals surface area contributed by atoms with Gasteiger partial charge in [0, 0.05) is 11.4 Å². The number of carbonyl (C=O) groups is 1. The molecule has 0 aliphatic carbocycles. The summed E-state index contributed by atoms with van der Waals surface area (Å²) in [5.74, 6) is 0.388. The van der Waals surface area contributed by atoms with Crippen molar-refractivity contribution in [1.82, 2.24) is 9.55 Å². The van der Waals surface area contributed by atoms with Crippen LogP contribution in [0.1, 0.15) is 23.2 Å². The van der Waals surface area contributed by atoms with Crippen molar-refractivity contribution in [3.8, 4) is 5.69 Å². The van der Waals surface area contributed by atoms with E-state index in [0.29, 0.717) is 17.3 Å². The number of benzene rings is 1. The van der Waals surface area contributed by atoms with Gasteiger partial charge in [0.1, 0.15) is 11.6 Å². The maximum absolute atomic E-state index is 11.6. The second-order valence-corrected chi connectivity index (χ2v) is 4.36. The van der Waals surface area contributed by atoms with Crippen molar-refractivity contribution >= 4 is 23.4 Å².